The zero-order valence-corrected chi connectivity index (χ0v) is 11.7. The molecule has 0 bridgehead atoms. The average Bonchev–Trinajstić information content (AvgIpc) is 2.68. The number of carbonyl (C=O) groups excluding carboxylic acids is 1. The Labute approximate surface area is 114 Å². The van der Waals surface area contributed by atoms with Crippen LogP contribution in [0.3, 0.4) is 0 Å². The highest BCUT2D eigenvalue weighted by atomic mass is 35.5. The Morgan fingerprint density at radius 2 is 2.44 bits per heavy atom. The molecule has 0 spiro atoms. The van der Waals surface area contributed by atoms with E-state index in [0.717, 1.165) is 37.2 Å². The molecular weight excluding hydrogens is 252 g/mol. The summed E-state index contributed by atoms with van der Waals surface area (Å²) in [5.41, 5.74) is 2.19. The van der Waals surface area contributed by atoms with Crippen molar-refractivity contribution in [3.63, 3.8) is 0 Å². The number of rotatable bonds is 3. The molecule has 0 aromatic carbocycles. The Hall–Kier alpha value is -1.07. The molecule has 102 valence electrons. The number of hydrogen-bond acceptors (Lipinski definition) is 3. The predicted molar refractivity (Wildman–Crippen MR) is 72.6 cm³/mol. The lowest BCUT2D eigenvalue weighted by molar-refractivity contribution is -0.125. The molecule has 1 atom stereocenters. The van der Waals surface area contributed by atoms with Gasteiger partial charge in [-0.2, -0.15) is 5.10 Å². The van der Waals surface area contributed by atoms with Gasteiger partial charge in [-0.3, -0.25) is 9.48 Å². The summed E-state index contributed by atoms with van der Waals surface area (Å²) < 4.78 is 1.82. The summed E-state index contributed by atoms with van der Waals surface area (Å²) in [4.78, 5) is 11.9. The lowest BCUT2D eigenvalue weighted by Crippen LogP contribution is -2.40. The van der Waals surface area contributed by atoms with E-state index < -0.39 is 0 Å². The molecule has 2 rings (SSSR count). The summed E-state index contributed by atoms with van der Waals surface area (Å²) in [6.07, 6.45) is 3.89. The molecule has 6 heteroatoms. The van der Waals surface area contributed by atoms with Crippen molar-refractivity contribution < 1.29 is 4.79 Å². The maximum atomic E-state index is 11.9. The van der Waals surface area contributed by atoms with Crippen LogP contribution in [-0.2, 0) is 18.4 Å². The molecular formula is C12H21ClN4O. The van der Waals surface area contributed by atoms with Crippen molar-refractivity contribution in [2.45, 2.75) is 26.3 Å². The second-order valence-corrected chi connectivity index (χ2v) is 4.64. The minimum absolute atomic E-state index is 0. The van der Waals surface area contributed by atoms with Gasteiger partial charge in [-0.25, -0.2) is 0 Å². The second kappa shape index (κ2) is 6.75. The summed E-state index contributed by atoms with van der Waals surface area (Å²) in [6.45, 7) is 4.43. The zero-order valence-electron chi connectivity index (χ0n) is 10.9. The van der Waals surface area contributed by atoms with E-state index in [1.54, 1.807) is 0 Å². The molecule has 2 N–H and O–H groups in total. The van der Waals surface area contributed by atoms with Crippen LogP contribution >= 0.6 is 12.4 Å². The topological polar surface area (TPSA) is 59.0 Å². The van der Waals surface area contributed by atoms with Gasteiger partial charge in [0, 0.05) is 31.4 Å². The van der Waals surface area contributed by atoms with Gasteiger partial charge in [-0.1, -0.05) is 0 Å². The van der Waals surface area contributed by atoms with Gasteiger partial charge < -0.3 is 10.6 Å². The number of carbonyl (C=O) groups is 1. The maximum absolute atomic E-state index is 11.9. The first-order chi connectivity index (χ1) is 8.18. The van der Waals surface area contributed by atoms with Gasteiger partial charge in [-0.05, 0) is 26.3 Å². The van der Waals surface area contributed by atoms with Crippen molar-refractivity contribution in [1.82, 2.24) is 20.4 Å². The first kappa shape index (κ1) is 15.0. The molecule has 0 radical (unpaired) electrons. The fraction of sp³-hybridized carbons (Fsp3) is 0.667. The molecule has 1 aliphatic rings. The van der Waals surface area contributed by atoms with Crippen molar-refractivity contribution in [3.05, 3.63) is 17.5 Å². The minimum atomic E-state index is 0. The standard InChI is InChI=1S/C12H20N4O.ClH/c1-9-11(8-15-16(9)2)7-14-12(17)10-4-3-5-13-6-10;/h8,10,13H,3-7H2,1-2H3,(H,14,17);1H/t10-;/m1./s1. The van der Waals surface area contributed by atoms with Crippen molar-refractivity contribution >= 4 is 18.3 Å². The smallest absolute Gasteiger partial charge is 0.224 e. The fourth-order valence-electron chi connectivity index (χ4n) is 2.12. The minimum Gasteiger partial charge on any atom is -0.352 e. The van der Waals surface area contributed by atoms with Crippen molar-refractivity contribution in [1.29, 1.82) is 0 Å². The van der Waals surface area contributed by atoms with Crippen LogP contribution in [0.25, 0.3) is 0 Å². The number of piperidine rings is 1. The lowest BCUT2D eigenvalue weighted by atomic mass is 9.99. The van der Waals surface area contributed by atoms with E-state index in [4.69, 9.17) is 0 Å². The Balaban J connectivity index is 0.00000162. The molecule has 18 heavy (non-hydrogen) atoms. The van der Waals surface area contributed by atoms with E-state index in [1.165, 1.54) is 0 Å². The van der Waals surface area contributed by atoms with E-state index in [2.05, 4.69) is 15.7 Å². The largest absolute Gasteiger partial charge is 0.352 e. The molecule has 1 aromatic heterocycles. The molecule has 1 fully saturated rings. The van der Waals surface area contributed by atoms with Gasteiger partial charge in [0.05, 0.1) is 12.1 Å². The summed E-state index contributed by atoms with van der Waals surface area (Å²) >= 11 is 0. The summed E-state index contributed by atoms with van der Waals surface area (Å²) in [6, 6.07) is 0. The Bertz CT molecular complexity index is 399. The van der Waals surface area contributed by atoms with Crippen LogP contribution < -0.4 is 10.6 Å². The Morgan fingerprint density at radius 3 is 3.00 bits per heavy atom. The molecule has 1 saturated heterocycles. The number of nitrogens with one attached hydrogen (secondary N) is 2. The van der Waals surface area contributed by atoms with Crippen LogP contribution in [-0.4, -0.2) is 28.8 Å². The number of aryl methyl sites for hydroxylation is 1. The number of aromatic nitrogens is 2. The fourth-order valence-corrected chi connectivity index (χ4v) is 2.12. The normalized spacial score (nSPS) is 19.1. The molecule has 0 aliphatic carbocycles. The van der Waals surface area contributed by atoms with E-state index in [-0.39, 0.29) is 24.2 Å². The van der Waals surface area contributed by atoms with Crippen LogP contribution in [0.1, 0.15) is 24.1 Å². The van der Waals surface area contributed by atoms with Crippen LogP contribution in [0.2, 0.25) is 0 Å². The van der Waals surface area contributed by atoms with Crippen molar-refractivity contribution in [3.8, 4) is 0 Å². The van der Waals surface area contributed by atoms with Crippen LogP contribution in [0.5, 0.6) is 0 Å². The van der Waals surface area contributed by atoms with Gasteiger partial charge >= 0.3 is 0 Å². The van der Waals surface area contributed by atoms with Gasteiger partial charge in [0.15, 0.2) is 0 Å². The quantitative estimate of drug-likeness (QED) is 0.854. The highest BCUT2D eigenvalue weighted by Crippen LogP contribution is 2.11. The Morgan fingerprint density at radius 1 is 1.67 bits per heavy atom. The highest BCUT2D eigenvalue weighted by Gasteiger charge is 2.20. The molecule has 5 nitrogen and oxygen atoms in total. The van der Waals surface area contributed by atoms with Crippen molar-refractivity contribution in [2.24, 2.45) is 13.0 Å². The van der Waals surface area contributed by atoms with E-state index in [9.17, 15) is 4.79 Å². The molecule has 0 unspecified atom stereocenters. The third-order valence-electron chi connectivity index (χ3n) is 3.46. The molecule has 0 saturated carbocycles. The third-order valence-corrected chi connectivity index (χ3v) is 3.46. The molecule has 1 aromatic rings. The molecule has 1 amide bonds. The number of hydrogen-bond donors (Lipinski definition) is 2. The van der Waals surface area contributed by atoms with Crippen LogP contribution in [0.4, 0.5) is 0 Å². The van der Waals surface area contributed by atoms with Crippen LogP contribution in [0, 0.1) is 12.8 Å². The SMILES string of the molecule is Cc1c(CNC(=O)[C@@H]2CCCNC2)cnn1C.Cl. The lowest BCUT2D eigenvalue weighted by Gasteiger charge is -2.21. The number of nitrogens with zero attached hydrogens (tertiary/aromatic N) is 2. The number of amides is 1. The number of halogens is 1. The summed E-state index contributed by atoms with van der Waals surface area (Å²) in [5.74, 6) is 0.279. The monoisotopic (exact) mass is 272 g/mol. The van der Waals surface area contributed by atoms with Gasteiger partial charge in [0.2, 0.25) is 5.91 Å². The zero-order chi connectivity index (χ0) is 12.3. The molecule has 2 heterocycles. The third kappa shape index (κ3) is 3.46. The summed E-state index contributed by atoms with van der Waals surface area (Å²) in [7, 11) is 1.91. The van der Waals surface area contributed by atoms with E-state index in [0.29, 0.717) is 6.54 Å². The van der Waals surface area contributed by atoms with Gasteiger partial charge in [0.1, 0.15) is 0 Å². The predicted octanol–water partition coefficient (Wildman–Crippen LogP) is 0.766. The summed E-state index contributed by atoms with van der Waals surface area (Å²) in [5, 5.41) is 10.4. The Kier molecular flexibility index (Phi) is 5.62. The highest BCUT2D eigenvalue weighted by molar-refractivity contribution is 5.85. The van der Waals surface area contributed by atoms with Gasteiger partial charge in [0.25, 0.3) is 0 Å². The van der Waals surface area contributed by atoms with E-state index >= 15 is 0 Å². The average molecular weight is 273 g/mol. The van der Waals surface area contributed by atoms with Crippen LogP contribution in [0.15, 0.2) is 6.20 Å². The maximum Gasteiger partial charge on any atom is 0.224 e. The van der Waals surface area contributed by atoms with Crippen molar-refractivity contribution in [2.75, 3.05) is 13.1 Å². The van der Waals surface area contributed by atoms with Gasteiger partial charge in [-0.15, -0.1) is 12.4 Å². The van der Waals surface area contributed by atoms with E-state index in [1.807, 2.05) is 24.9 Å². The first-order valence-electron chi connectivity index (χ1n) is 6.14. The first-order valence-corrected chi connectivity index (χ1v) is 6.14. The second-order valence-electron chi connectivity index (χ2n) is 4.64. The molecule has 1 aliphatic heterocycles.